The first-order valence-electron chi connectivity index (χ1n) is 7.81. The van der Waals surface area contributed by atoms with Crippen LogP contribution in [-0.2, 0) is 20.3 Å². The Labute approximate surface area is 164 Å². The quantitative estimate of drug-likeness (QED) is 0.641. The van der Waals surface area contributed by atoms with Gasteiger partial charge in [0, 0.05) is 36.1 Å². The van der Waals surface area contributed by atoms with Crippen molar-refractivity contribution in [3.05, 3.63) is 63.1 Å². The molecule has 0 saturated carbocycles. The first-order chi connectivity index (χ1) is 12.4. The number of benzene rings is 1. The molecular weight excluding hydrogens is 422 g/mol. The van der Waals surface area contributed by atoms with Gasteiger partial charge in [-0.2, -0.15) is 10.2 Å². The number of amides is 1. The van der Waals surface area contributed by atoms with Gasteiger partial charge in [0.05, 0.1) is 10.7 Å². The van der Waals surface area contributed by atoms with Crippen molar-refractivity contribution in [1.29, 1.82) is 0 Å². The number of carbonyl (C=O) groups excluding carboxylic acids is 1. The summed E-state index contributed by atoms with van der Waals surface area (Å²) in [5, 5.41) is 11.8. The van der Waals surface area contributed by atoms with Gasteiger partial charge in [-0.05, 0) is 47.1 Å². The van der Waals surface area contributed by atoms with E-state index in [0.717, 1.165) is 15.7 Å². The Balaban J connectivity index is 1.56. The number of ether oxygens (including phenoxy) is 1. The number of aryl methyl sites for hydroxylation is 1. The van der Waals surface area contributed by atoms with Crippen LogP contribution in [0.15, 0.2) is 41.1 Å². The van der Waals surface area contributed by atoms with E-state index in [1.165, 1.54) is 0 Å². The van der Waals surface area contributed by atoms with E-state index in [1.54, 1.807) is 46.0 Å². The molecular formula is C17H17BrClN5O2. The van der Waals surface area contributed by atoms with Gasteiger partial charge in [-0.3, -0.25) is 9.48 Å². The number of hydrogen-bond donors (Lipinski definition) is 1. The van der Waals surface area contributed by atoms with E-state index in [4.69, 9.17) is 16.3 Å². The molecule has 0 aliphatic heterocycles. The summed E-state index contributed by atoms with van der Waals surface area (Å²) < 4.78 is 9.74. The molecule has 0 aliphatic carbocycles. The van der Waals surface area contributed by atoms with Gasteiger partial charge in [0.25, 0.3) is 5.91 Å². The van der Waals surface area contributed by atoms with E-state index in [2.05, 4.69) is 31.4 Å². The summed E-state index contributed by atoms with van der Waals surface area (Å²) in [7, 11) is 1.86. The van der Waals surface area contributed by atoms with Crippen LogP contribution in [0.5, 0.6) is 5.75 Å². The van der Waals surface area contributed by atoms with Crippen molar-refractivity contribution >= 4 is 33.4 Å². The molecule has 1 aromatic carbocycles. The summed E-state index contributed by atoms with van der Waals surface area (Å²) in [5.74, 6) is 0.391. The summed E-state index contributed by atoms with van der Waals surface area (Å²) in [6.45, 7) is 2.53. The van der Waals surface area contributed by atoms with Gasteiger partial charge >= 0.3 is 0 Å². The molecule has 26 heavy (non-hydrogen) atoms. The fourth-order valence-electron chi connectivity index (χ4n) is 2.27. The van der Waals surface area contributed by atoms with Crippen LogP contribution in [-0.4, -0.2) is 25.5 Å². The lowest BCUT2D eigenvalue weighted by Gasteiger charge is -2.08. The predicted octanol–water partition coefficient (Wildman–Crippen LogP) is 3.31. The summed E-state index contributed by atoms with van der Waals surface area (Å²) in [5.41, 5.74) is 2.30. The van der Waals surface area contributed by atoms with Gasteiger partial charge < -0.3 is 10.1 Å². The molecule has 9 heteroatoms. The minimum atomic E-state index is -0.250. The number of halogens is 2. The van der Waals surface area contributed by atoms with Crippen molar-refractivity contribution in [2.45, 2.75) is 20.2 Å². The lowest BCUT2D eigenvalue weighted by Crippen LogP contribution is -2.24. The van der Waals surface area contributed by atoms with Crippen LogP contribution in [0.4, 0.5) is 0 Å². The standard InChI is InChI=1S/C17H17BrClN5O2/c1-11-12(9-21-23(11)2)8-20-17(25)15-5-6-24(22-15)10-26-16-4-3-13(19)7-14(16)18/h3-7,9H,8,10H2,1-2H3,(H,20,25). The fourth-order valence-corrected chi connectivity index (χ4v) is 3.06. The van der Waals surface area contributed by atoms with Crippen LogP contribution in [0.2, 0.25) is 5.02 Å². The molecule has 0 radical (unpaired) electrons. The van der Waals surface area contributed by atoms with Crippen LogP contribution in [0.1, 0.15) is 21.7 Å². The molecule has 0 aliphatic rings. The Hall–Kier alpha value is -2.32. The lowest BCUT2D eigenvalue weighted by molar-refractivity contribution is 0.0944. The van der Waals surface area contributed by atoms with Crippen molar-refractivity contribution in [2.75, 3.05) is 0 Å². The second-order valence-corrected chi connectivity index (χ2v) is 6.94. The number of hydrogen-bond acceptors (Lipinski definition) is 4. The molecule has 3 aromatic rings. The van der Waals surface area contributed by atoms with Crippen LogP contribution < -0.4 is 10.1 Å². The van der Waals surface area contributed by atoms with Crippen molar-refractivity contribution in [1.82, 2.24) is 24.9 Å². The zero-order chi connectivity index (χ0) is 18.7. The largest absolute Gasteiger partial charge is 0.470 e. The predicted molar refractivity (Wildman–Crippen MR) is 101 cm³/mol. The highest BCUT2D eigenvalue weighted by atomic mass is 79.9. The molecule has 0 atom stereocenters. The molecule has 1 amide bonds. The molecule has 2 heterocycles. The zero-order valence-corrected chi connectivity index (χ0v) is 16.6. The Bertz CT molecular complexity index is 937. The minimum Gasteiger partial charge on any atom is -0.470 e. The van der Waals surface area contributed by atoms with Crippen molar-refractivity contribution in [3.63, 3.8) is 0 Å². The van der Waals surface area contributed by atoms with E-state index < -0.39 is 0 Å². The normalized spacial score (nSPS) is 10.8. The summed E-state index contributed by atoms with van der Waals surface area (Å²) in [6, 6.07) is 6.90. The van der Waals surface area contributed by atoms with E-state index in [0.29, 0.717) is 23.0 Å². The second kappa shape index (κ2) is 7.92. The number of nitrogens with one attached hydrogen (secondary N) is 1. The molecule has 0 bridgehead atoms. The first-order valence-corrected chi connectivity index (χ1v) is 8.98. The molecule has 0 spiro atoms. The van der Waals surface area contributed by atoms with Crippen LogP contribution in [0, 0.1) is 6.92 Å². The van der Waals surface area contributed by atoms with Crippen LogP contribution >= 0.6 is 27.5 Å². The highest BCUT2D eigenvalue weighted by Crippen LogP contribution is 2.28. The summed E-state index contributed by atoms with van der Waals surface area (Å²) in [4.78, 5) is 12.2. The van der Waals surface area contributed by atoms with Crippen molar-refractivity contribution in [2.24, 2.45) is 7.05 Å². The fraction of sp³-hybridized carbons (Fsp3) is 0.235. The molecule has 0 saturated heterocycles. The molecule has 3 rings (SSSR count). The molecule has 136 valence electrons. The maximum atomic E-state index is 12.2. The Kier molecular flexibility index (Phi) is 5.63. The van der Waals surface area contributed by atoms with Gasteiger partial charge in [0.1, 0.15) is 11.4 Å². The zero-order valence-electron chi connectivity index (χ0n) is 14.2. The number of rotatable bonds is 6. The maximum absolute atomic E-state index is 12.2. The maximum Gasteiger partial charge on any atom is 0.272 e. The first kappa shape index (κ1) is 18.5. The molecule has 0 unspecified atom stereocenters. The Morgan fingerprint density at radius 1 is 1.38 bits per heavy atom. The van der Waals surface area contributed by atoms with Gasteiger partial charge in [-0.1, -0.05) is 11.6 Å². The van der Waals surface area contributed by atoms with Crippen molar-refractivity contribution < 1.29 is 9.53 Å². The SMILES string of the molecule is Cc1c(CNC(=O)c2ccn(COc3ccc(Cl)cc3Br)n2)cnn1C. The molecule has 7 nitrogen and oxygen atoms in total. The van der Waals surface area contributed by atoms with Crippen LogP contribution in [0.3, 0.4) is 0 Å². The topological polar surface area (TPSA) is 74.0 Å². The van der Waals surface area contributed by atoms with Gasteiger partial charge in [0.15, 0.2) is 6.73 Å². The van der Waals surface area contributed by atoms with Gasteiger partial charge in [0.2, 0.25) is 0 Å². The monoisotopic (exact) mass is 437 g/mol. The van der Waals surface area contributed by atoms with E-state index in [9.17, 15) is 4.79 Å². The van der Waals surface area contributed by atoms with E-state index >= 15 is 0 Å². The van der Waals surface area contributed by atoms with Crippen LogP contribution in [0.25, 0.3) is 0 Å². The molecule has 0 fully saturated rings. The highest BCUT2D eigenvalue weighted by molar-refractivity contribution is 9.10. The van der Waals surface area contributed by atoms with Gasteiger partial charge in [-0.25, -0.2) is 4.68 Å². The number of carbonyl (C=O) groups is 1. The lowest BCUT2D eigenvalue weighted by atomic mass is 10.2. The third-order valence-electron chi connectivity index (χ3n) is 3.90. The third-order valence-corrected chi connectivity index (χ3v) is 4.75. The van der Waals surface area contributed by atoms with E-state index in [1.807, 2.05) is 14.0 Å². The Morgan fingerprint density at radius 3 is 2.88 bits per heavy atom. The summed E-state index contributed by atoms with van der Waals surface area (Å²) in [6.07, 6.45) is 3.43. The number of aromatic nitrogens is 4. The third kappa shape index (κ3) is 4.25. The Morgan fingerprint density at radius 2 is 2.19 bits per heavy atom. The average Bonchev–Trinajstić information content (AvgIpc) is 3.20. The summed E-state index contributed by atoms with van der Waals surface area (Å²) >= 11 is 9.29. The van der Waals surface area contributed by atoms with Crippen molar-refractivity contribution in [3.8, 4) is 5.75 Å². The average molecular weight is 439 g/mol. The smallest absolute Gasteiger partial charge is 0.272 e. The highest BCUT2D eigenvalue weighted by Gasteiger charge is 2.11. The molecule has 1 N–H and O–H groups in total. The van der Waals surface area contributed by atoms with E-state index in [-0.39, 0.29) is 12.6 Å². The second-order valence-electron chi connectivity index (χ2n) is 5.65. The van der Waals surface area contributed by atoms with Gasteiger partial charge in [-0.15, -0.1) is 0 Å². The minimum absolute atomic E-state index is 0.176. The molecule has 2 aromatic heterocycles. The number of nitrogens with zero attached hydrogens (tertiary/aromatic N) is 4.